The van der Waals surface area contributed by atoms with E-state index in [4.69, 9.17) is 0 Å². The van der Waals surface area contributed by atoms with Gasteiger partial charge < -0.3 is 5.32 Å². The van der Waals surface area contributed by atoms with Crippen LogP contribution < -0.4 is 5.32 Å². The summed E-state index contributed by atoms with van der Waals surface area (Å²) >= 11 is 0. The Kier molecular flexibility index (Phi) is 3.52. The molecule has 1 aliphatic rings. The van der Waals surface area contributed by atoms with Crippen LogP contribution >= 0.6 is 0 Å². The van der Waals surface area contributed by atoms with Crippen molar-refractivity contribution in [2.45, 2.75) is 31.5 Å². The summed E-state index contributed by atoms with van der Waals surface area (Å²) in [5.41, 5.74) is 2.19. The lowest BCUT2D eigenvalue weighted by Crippen LogP contribution is -2.27. The van der Waals surface area contributed by atoms with Crippen molar-refractivity contribution in [2.75, 3.05) is 7.05 Å². The minimum Gasteiger partial charge on any atom is -0.309 e. The predicted octanol–water partition coefficient (Wildman–Crippen LogP) is 0.537. The van der Waals surface area contributed by atoms with E-state index < -0.39 is 10.0 Å². The summed E-state index contributed by atoms with van der Waals surface area (Å²) in [5, 5.41) is 9.88. The van der Waals surface area contributed by atoms with Gasteiger partial charge in [0, 0.05) is 20.1 Å². The number of aromatic amines is 1. The van der Waals surface area contributed by atoms with E-state index >= 15 is 0 Å². The van der Waals surface area contributed by atoms with Crippen LogP contribution in [-0.4, -0.2) is 35.0 Å². The van der Waals surface area contributed by atoms with Crippen LogP contribution in [-0.2, 0) is 29.7 Å². The van der Waals surface area contributed by atoms with Crippen molar-refractivity contribution in [3.8, 4) is 0 Å². The number of benzene rings is 1. The zero-order chi connectivity index (χ0) is 15.0. The molecule has 0 radical (unpaired) electrons. The SMILES string of the molecule is Cc1nc(CN(C)S(=O)(=O)c2ccc3c(c2)CNC3)n[nH]1. The third-order valence-corrected chi connectivity index (χ3v) is 5.32. The van der Waals surface area contributed by atoms with Crippen molar-refractivity contribution in [3.63, 3.8) is 0 Å². The average molecular weight is 307 g/mol. The second-order valence-electron chi connectivity index (χ2n) is 5.13. The van der Waals surface area contributed by atoms with Gasteiger partial charge in [0.25, 0.3) is 0 Å². The summed E-state index contributed by atoms with van der Waals surface area (Å²) < 4.78 is 26.4. The van der Waals surface area contributed by atoms with Gasteiger partial charge in [0.1, 0.15) is 5.82 Å². The fourth-order valence-electron chi connectivity index (χ4n) is 2.36. The number of aromatic nitrogens is 3. The number of rotatable bonds is 4. The highest BCUT2D eigenvalue weighted by molar-refractivity contribution is 7.89. The summed E-state index contributed by atoms with van der Waals surface area (Å²) in [6.45, 7) is 3.42. The Labute approximate surface area is 123 Å². The number of hydrogen-bond donors (Lipinski definition) is 2. The highest BCUT2D eigenvalue weighted by Crippen LogP contribution is 2.22. The maximum atomic E-state index is 12.6. The Balaban J connectivity index is 1.85. The molecule has 0 fully saturated rings. The van der Waals surface area contributed by atoms with Gasteiger partial charge in [-0.25, -0.2) is 13.4 Å². The molecule has 0 unspecified atom stereocenters. The van der Waals surface area contributed by atoms with Crippen LogP contribution in [0, 0.1) is 6.92 Å². The standard InChI is InChI=1S/C13H17N5O2S/c1-9-15-13(17-16-9)8-18(2)21(19,20)12-4-3-10-6-14-7-11(10)5-12/h3-5,14H,6-8H2,1-2H3,(H,15,16,17). The zero-order valence-corrected chi connectivity index (χ0v) is 12.7. The second-order valence-corrected chi connectivity index (χ2v) is 7.18. The quantitative estimate of drug-likeness (QED) is 0.860. The Hall–Kier alpha value is -1.77. The van der Waals surface area contributed by atoms with Gasteiger partial charge in [-0.1, -0.05) is 6.07 Å². The van der Waals surface area contributed by atoms with Crippen LogP contribution in [0.25, 0.3) is 0 Å². The fraction of sp³-hybridized carbons (Fsp3) is 0.385. The molecule has 0 saturated carbocycles. The number of nitrogens with one attached hydrogen (secondary N) is 2. The maximum absolute atomic E-state index is 12.6. The topological polar surface area (TPSA) is 91.0 Å². The van der Waals surface area contributed by atoms with E-state index in [0.717, 1.165) is 17.7 Å². The molecule has 2 heterocycles. The summed E-state index contributed by atoms with van der Waals surface area (Å²) in [5.74, 6) is 1.13. The van der Waals surface area contributed by atoms with E-state index in [9.17, 15) is 8.42 Å². The van der Waals surface area contributed by atoms with E-state index in [2.05, 4.69) is 20.5 Å². The van der Waals surface area contributed by atoms with Gasteiger partial charge in [-0.3, -0.25) is 5.10 Å². The molecule has 0 spiro atoms. The van der Waals surface area contributed by atoms with Crippen LogP contribution in [0.2, 0.25) is 0 Å². The van der Waals surface area contributed by atoms with Crippen molar-refractivity contribution < 1.29 is 8.42 Å². The van der Waals surface area contributed by atoms with Gasteiger partial charge in [0.05, 0.1) is 11.4 Å². The first kappa shape index (κ1) is 14.2. The van der Waals surface area contributed by atoms with E-state index in [-0.39, 0.29) is 6.54 Å². The minimum atomic E-state index is -3.54. The third kappa shape index (κ3) is 2.69. The number of aryl methyl sites for hydroxylation is 1. The normalized spacial score (nSPS) is 14.6. The molecule has 1 aromatic heterocycles. The summed E-state index contributed by atoms with van der Waals surface area (Å²) in [6.07, 6.45) is 0. The monoisotopic (exact) mass is 307 g/mol. The first-order chi connectivity index (χ1) is 9.96. The van der Waals surface area contributed by atoms with Crippen molar-refractivity contribution in [1.82, 2.24) is 24.8 Å². The van der Waals surface area contributed by atoms with Crippen LogP contribution in [0.5, 0.6) is 0 Å². The Morgan fingerprint density at radius 3 is 2.76 bits per heavy atom. The molecule has 2 N–H and O–H groups in total. The summed E-state index contributed by atoms with van der Waals surface area (Å²) in [7, 11) is -2.00. The molecule has 8 heteroatoms. The van der Waals surface area contributed by atoms with Gasteiger partial charge in [0.15, 0.2) is 5.82 Å². The summed E-state index contributed by atoms with van der Waals surface area (Å²) in [6, 6.07) is 5.26. The lowest BCUT2D eigenvalue weighted by molar-refractivity contribution is 0.457. The average Bonchev–Trinajstić information content (AvgIpc) is 3.06. The van der Waals surface area contributed by atoms with Gasteiger partial charge in [0.2, 0.25) is 10.0 Å². The van der Waals surface area contributed by atoms with Gasteiger partial charge in [-0.2, -0.15) is 9.40 Å². The first-order valence-corrected chi connectivity index (χ1v) is 8.07. The first-order valence-electron chi connectivity index (χ1n) is 6.63. The minimum absolute atomic E-state index is 0.141. The van der Waals surface area contributed by atoms with Crippen molar-refractivity contribution in [3.05, 3.63) is 41.0 Å². The van der Waals surface area contributed by atoms with E-state index in [1.54, 1.807) is 19.1 Å². The molecular weight excluding hydrogens is 290 g/mol. The second kappa shape index (κ2) is 5.21. The number of hydrogen-bond acceptors (Lipinski definition) is 5. The van der Waals surface area contributed by atoms with Gasteiger partial charge in [-0.05, 0) is 30.2 Å². The molecule has 3 rings (SSSR count). The molecule has 0 amide bonds. The zero-order valence-electron chi connectivity index (χ0n) is 11.9. The highest BCUT2D eigenvalue weighted by Gasteiger charge is 2.24. The van der Waals surface area contributed by atoms with E-state index in [1.807, 2.05) is 6.07 Å². The Morgan fingerprint density at radius 1 is 1.29 bits per heavy atom. The van der Waals surface area contributed by atoms with Crippen LogP contribution in [0.15, 0.2) is 23.1 Å². The number of fused-ring (bicyclic) bond motifs is 1. The molecule has 1 aromatic carbocycles. The molecule has 112 valence electrons. The molecule has 0 bridgehead atoms. The molecule has 1 aliphatic heterocycles. The third-order valence-electron chi connectivity index (χ3n) is 3.52. The Bertz CT molecular complexity index is 769. The fourth-order valence-corrected chi connectivity index (χ4v) is 3.53. The predicted molar refractivity (Wildman–Crippen MR) is 76.8 cm³/mol. The Morgan fingerprint density at radius 2 is 2.05 bits per heavy atom. The molecule has 21 heavy (non-hydrogen) atoms. The lowest BCUT2D eigenvalue weighted by atomic mass is 10.1. The van der Waals surface area contributed by atoms with Crippen molar-refractivity contribution in [1.29, 1.82) is 0 Å². The number of H-pyrrole nitrogens is 1. The number of nitrogens with zero attached hydrogens (tertiary/aromatic N) is 3. The van der Waals surface area contributed by atoms with Crippen LogP contribution in [0.4, 0.5) is 0 Å². The van der Waals surface area contributed by atoms with Gasteiger partial charge in [-0.15, -0.1) is 0 Å². The van der Waals surface area contributed by atoms with Crippen molar-refractivity contribution in [2.24, 2.45) is 0 Å². The molecule has 7 nitrogen and oxygen atoms in total. The van der Waals surface area contributed by atoms with Crippen LogP contribution in [0.3, 0.4) is 0 Å². The van der Waals surface area contributed by atoms with Gasteiger partial charge >= 0.3 is 0 Å². The number of sulfonamides is 1. The highest BCUT2D eigenvalue weighted by atomic mass is 32.2. The lowest BCUT2D eigenvalue weighted by Gasteiger charge is -2.16. The van der Waals surface area contributed by atoms with Crippen LogP contribution in [0.1, 0.15) is 22.8 Å². The largest absolute Gasteiger partial charge is 0.309 e. The molecule has 0 saturated heterocycles. The molecule has 2 aromatic rings. The molecular formula is C13H17N5O2S. The molecule has 0 aliphatic carbocycles. The van der Waals surface area contributed by atoms with E-state index in [0.29, 0.717) is 23.1 Å². The maximum Gasteiger partial charge on any atom is 0.243 e. The summed E-state index contributed by atoms with van der Waals surface area (Å²) in [4.78, 5) is 4.44. The van der Waals surface area contributed by atoms with E-state index in [1.165, 1.54) is 11.4 Å². The van der Waals surface area contributed by atoms with Crippen molar-refractivity contribution >= 4 is 10.0 Å². The smallest absolute Gasteiger partial charge is 0.243 e. The molecule has 0 atom stereocenters.